The maximum Gasteiger partial charge on any atom is 0.329 e. The largest absolute Gasteiger partial charge is 0.479 e. The van der Waals surface area contributed by atoms with E-state index in [2.05, 4.69) is 10.3 Å². The van der Waals surface area contributed by atoms with Gasteiger partial charge in [-0.15, -0.1) is 5.10 Å². The van der Waals surface area contributed by atoms with E-state index in [1.807, 2.05) is 0 Å². The lowest BCUT2D eigenvalue weighted by atomic mass is 9.80. The Morgan fingerprint density at radius 2 is 1.83 bits per heavy atom. The summed E-state index contributed by atoms with van der Waals surface area (Å²) in [6.45, 7) is 0. The second kappa shape index (κ2) is 6.43. The molecule has 1 aliphatic rings. The number of carbonyl (C=O) groups is 2. The predicted molar refractivity (Wildman–Crippen MR) is 86.9 cm³/mol. The molecular formula is C17H20N4O3. The molecule has 0 bridgehead atoms. The summed E-state index contributed by atoms with van der Waals surface area (Å²) in [6.07, 6.45) is 6.97. The average Bonchev–Trinajstić information content (AvgIpc) is 3.15. The van der Waals surface area contributed by atoms with Gasteiger partial charge in [-0.3, -0.25) is 4.79 Å². The van der Waals surface area contributed by atoms with Crippen molar-refractivity contribution < 1.29 is 14.7 Å². The minimum absolute atomic E-state index is 0.274. The van der Waals surface area contributed by atoms with Crippen LogP contribution in [-0.2, 0) is 4.79 Å². The second-order valence-corrected chi connectivity index (χ2v) is 6.16. The third kappa shape index (κ3) is 2.77. The van der Waals surface area contributed by atoms with Gasteiger partial charge in [-0.1, -0.05) is 24.5 Å². The Kier molecular flexibility index (Phi) is 4.33. The number of hydrogen-bond acceptors (Lipinski definition) is 4. The number of aliphatic carboxylic acids is 1. The summed E-state index contributed by atoms with van der Waals surface area (Å²) >= 11 is 0. The monoisotopic (exact) mass is 328 g/mol. The zero-order valence-electron chi connectivity index (χ0n) is 13.6. The molecule has 1 N–H and O–H groups in total. The Balaban J connectivity index is 1.83. The molecule has 1 aromatic carbocycles. The molecule has 0 spiro atoms. The van der Waals surface area contributed by atoms with Gasteiger partial charge in [-0.2, -0.15) is 0 Å². The van der Waals surface area contributed by atoms with Gasteiger partial charge in [0.25, 0.3) is 5.91 Å². The van der Waals surface area contributed by atoms with Crippen molar-refractivity contribution in [1.29, 1.82) is 0 Å². The first-order valence-electron chi connectivity index (χ1n) is 8.03. The minimum Gasteiger partial charge on any atom is -0.479 e. The highest BCUT2D eigenvalue weighted by atomic mass is 16.4. The molecule has 1 aromatic heterocycles. The van der Waals surface area contributed by atoms with E-state index in [1.165, 1.54) is 4.90 Å². The summed E-state index contributed by atoms with van der Waals surface area (Å²) in [5, 5.41) is 17.4. The van der Waals surface area contributed by atoms with Crippen LogP contribution in [0.1, 0.15) is 42.5 Å². The van der Waals surface area contributed by atoms with Crippen molar-refractivity contribution in [3.8, 4) is 5.69 Å². The van der Waals surface area contributed by atoms with Crippen molar-refractivity contribution >= 4 is 11.9 Å². The molecule has 126 valence electrons. The SMILES string of the molecule is CN(C(=O)c1ccc(-n2ccnn2)cc1)C1(C(=O)O)CCCCC1. The number of aromatic nitrogens is 3. The molecular weight excluding hydrogens is 308 g/mol. The lowest BCUT2D eigenvalue weighted by molar-refractivity contribution is -0.151. The number of amides is 1. The Bertz CT molecular complexity index is 719. The molecule has 2 aromatic rings. The summed E-state index contributed by atoms with van der Waals surface area (Å²) in [6, 6.07) is 6.91. The molecule has 0 atom stereocenters. The average molecular weight is 328 g/mol. The van der Waals surface area contributed by atoms with Crippen LogP contribution in [0.2, 0.25) is 0 Å². The molecule has 1 heterocycles. The smallest absolute Gasteiger partial charge is 0.329 e. The second-order valence-electron chi connectivity index (χ2n) is 6.16. The molecule has 7 heteroatoms. The van der Waals surface area contributed by atoms with Crippen molar-refractivity contribution in [1.82, 2.24) is 19.9 Å². The Labute approximate surface area is 139 Å². The normalized spacial score (nSPS) is 16.5. The molecule has 0 unspecified atom stereocenters. The summed E-state index contributed by atoms with van der Waals surface area (Å²) in [4.78, 5) is 26.0. The molecule has 1 fully saturated rings. The van der Waals surface area contributed by atoms with Gasteiger partial charge < -0.3 is 10.0 Å². The fraction of sp³-hybridized carbons (Fsp3) is 0.412. The predicted octanol–water partition coefficient (Wildman–Crippen LogP) is 2.13. The number of rotatable bonds is 4. The zero-order valence-corrected chi connectivity index (χ0v) is 13.6. The highest BCUT2D eigenvalue weighted by molar-refractivity contribution is 5.97. The number of benzene rings is 1. The topological polar surface area (TPSA) is 88.3 Å². The van der Waals surface area contributed by atoms with Crippen molar-refractivity contribution in [2.45, 2.75) is 37.6 Å². The lowest BCUT2D eigenvalue weighted by Crippen LogP contribution is -2.56. The van der Waals surface area contributed by atoms with E-state index in [4.69, 9.17) is 0 Å². The van der Waals surface area contributed by atoms with Crippen molar-refractivity contribution in [3.05, 3.63) is 42.2 Å². The third-order valence-corrected chi connectivity index (χ3v) is 4.83. The van der Waals surface area contributed by atoms with Crippen molar-refractivity contribution in [2.24, 2.45) is 0 Å². The molecule has 3 rings (SSSR count). The summed E-state index contributed by atoms with van der Waals surface area (Å²) in [5.74, 6) is -1.19. The molecule has 1 amide bonds. The molecule has 24 heavy (non-hydrogen) atoms. The number of carboxylic acid groups (broad SMARTS) is 1. The van der Waals surface area contributed by atoms with Crippen LogP contribution in [0.15, 0.2) is 36.7 Å². The maximum absolute atomic E-state index is 12.8. The summed E-state index contributed by atoms with van der Waals surface area (Å²) in [7, 11) is 1.59. The quantitative estimate of drug-likeness (QED) is 0.929. The molecule has 7 nitrogen and oxygen atoms in total. The first-order chi connectivity index (χ1) is 11.5. The van der Waals surface area contributed by atoms with Gasteiger partial charge in [-0.25, -0.2) is 9.48 Å². The van der Waals surface area contributed by atoms with Gasteiger partial charge in [0.2, 0.25) is 0 Å². The van der Waals surface area contributed by atoms with Crippen LogP contribution in [0.4, 0.5) is 0 Å². The summed E-state index contributed by atoms with van der Waals surface area (Å²) in [5.41, 5.74) is 0.157. The van der Waals surface area contributed by atoms with Crippen LogP contribution in [0, 0.1) is 0 Å². The van der Waals surface area contributed by atoms with E-state index in [1.54, 1.807) is 48.4 Å². The minimum atomic E-state index is -1.10. The zero-order chi connectivity index (χ0) is 17.2. The number of carbonyl (C=O) groups excluding carboxylic acids is 1. The van der Waals surface area contributed by atoms with Gasteiger partial charge in [0.1, 0.15) is 5.54 Å². The number of hydrogen-bond donors (Lipinski definition) is 1. The first-order valence-corrected chi connectivity index (χ1v) is 8.03. The van der Waals surface area contributed by atoms with E-state index >= 15 is 0 Å². The number of carboxylic acids is 1. The highest BCUT2D eigenvalue weighted by Crippen LogP contribution is 2.34. The van der Waals surface area contributed by atoms with Crippen LogP contribution in [0.25, 0.3) is 5.69 Å². The first kappa shape index (κ1) is 16.2. The highest BCUT2D eigenvalue weighted by Gasteiger charge is 2.45. The fourth-order valence-corrected chi connectivity index (χ4v) is 3.32. The molecule has 0 aliphatic heterocycles. The van der Waals surface area contributed by atoms with Crippen molar-refractivity contribution in [3.63, 3.8) is 0 Å². The van der Waals surface area contributed by atoms with Crippen molar-refractivity contribution in [2.75, 3.05) is 7.05 Å². The van der Waals surface area contributed by atoms with E-state index in [0.29, 0.717) is 18.4 Å². The number of nitrogens with zero attached hydrogens (tertiary/aromatic N) is 4. The standard InChI is InChI=1S/C17H20N4O3/c1-20(17(16(23)24)9-3-2-4-10-17)15(22)13-5-7-14(8-6-13)21-12-11-18-19-21/h5-8,11-12H,2-4,9-10H2,1H3,(H,23,24). The molecule has 1 aliphatic carbocycles. The van der Waals surface area contributed by atoms with Gasteiger partial charge in [0.05, 0.1) is 18.1 Å². The third-order valence-electron chi connectivity index (χ3n) is 4.83. The van der Waals surface area contributed by atoms with Gasteiger partial charge >= 0.3 is 5.97 Å². The molecule has 1 saturated carbocycles. The van der Waals surface area contributed by atoms with Crippen LogP contribution in [0.5, 0.6) is 0 Å². The Morgan fingerprint density at radius 1 is 1.17 bits per heavy atom. The van der Waals surface area contributed by atoms with Gasteiger partial charge in [-0.05, 0) is 37.1 Å². The summed E-state index contributed by atoms with van der Waals surface area (Å²) < 4.78 is 1.60. The van der Waals surface area contributed by atoms with E-state index in [-0.39, 0.29) is 5.91 Å². The van der Waals surface area contributed by atoms with Crippen LogP contribution < -0.4 is 0 Å². The van der Waals surface area contributed by atoms with Gasteiger partial charge in [0.15, 0.2) is 0 Å². The number of likely N-dealkylation sites (N-methyl/N-ethyl adjacent to an activating group) is 1. The van der Waals surface area contributed by atoms with E-state index in [9.17, 15) is 14.7 Å². The Hall–Kier alpha value is -2.70. The van der Waals surface area contributed by atoms with Crippen LogP contribution in [-0.4, -0.2) is 49.5 Å². The van der Waals surface area contributed by atoms with E-state index < -0.39 is 11.5 Å². The van der Waals surface area contributed by atoms with Crippen LogP contribution in [0.3, 0.4) is 0 Å². The maximum atomic E-state index is 12.8. The molecule has 0 radical (unpaired) electrons. The molecule has 0 saturated heterocycles. The van der Waals surface area contributed by atoms with E-state index in [0.717, 1.165) is 24.9 Å². The lowest BCUT2D eigenvalue weighted by Gasteiger charge is -2.41. The van der Waals surface area contributed by atoms with Gasteiger partial charge in [0, 0.05) is 12.6 Å². The Morgan fingerprint density at radius 3 is 2.38 bits per heavy atom. The van der Waals surface area contributed by atoms with Crippen LogP contribution >= 0.6 is 0 Å². The fourth-order valence-electron chi connectivity index (χ4n) is 3.32.